The predicted molar refractivity (Wildman–Crippen MR) is 222 cm³/mol. The Morgan fingerprint density at radius 1 is 0.754 bits per heavy atom. The molecule has 0 bridgehead atoms. The molecule has 1 heterocycles. The summed E-state index contributed by atoms with van der Waals surface area (Å²) < 4.78 is 80.7. The van der Waals surface area contributed by atoms with Crippen molar-refractivity contribution in [1.29, 1.82) is 0 Å². The lowest BCUT2D eigenvalue weighted by Crippen LogP contribution is -2.48. The lowest BCUT2D eigenvalue weighted by Gasteiger charge is -2.48. The molecule has 0 aromatic heterocycles. The van der Waals surface area contributed by atoms with Crippen LogP contribution in [0.25, 0.3) is 5.57 Å². The molecule has 5 aliphatic carbocycles. The van der Waals surface area contributed by atoms with Gasteiger partial charge in [-0.15, -0.1) is 0 Å². The Bertz CT molecular complexity index is 1980. The van der Waals surface area contributed by atoms with Gasteiger partial charge in [0.1, 0.15) is 0 Å². The van der Waals surface area contributed by atoms with Gasteiger partial charge in [-0.05, 0) is 92.3 Å². The number of benzene rings is 2. The van der Waals surface area contributed by atoms with Crippen LogP contribution in [0.3, 0.4) is 0 Å². The fraction of sp³-hybridized carbons (Fsp3) is 0.510. The van der Waals surface area contributed by atoms with Gasteiger partial charge in [0.2, 0.25) is 5.82 Å². The maximum Gasteiger partial charge on any atom is 0.200 e. The Labute approximate surface area is 337 Å². The summed E-state index contributed by atoms with van der Waals surface area (Å²) in [6.45, 7) is 11.5. The molecule has 11 atom stereocenters. The van der Waals surface area contributed by atoms with Crippen molar-refractivity contribution in [3.63, 3.8) is 0 Å². The summed E-state index contributed by atoms with van der Waals surface area (Å²) in [4.78, 5) is 2.12. The van der Waals surface area contributed by atoms with Crippen LogP contribution in [0.15, 0.2) is 96.7 Å². The first-order chi connectivity index (χ1) is 27.3. The number of nitrogens with zero attached hydrogens (tertiary/aromatic N) is 1. The summed E-state index contributed by atoms with van der Waals surface area (Å²) in [7, 11) is -2.27. The number of likely N-dealkylation sites (tertiary alicyclic amines) is 1. The second kappa shape index (κ2) is 16.0. The lowest BCUT2D eigenvalue weighted by atomic mass is 9.81. The summed E-state index contributed by atoms with van der Waals surface area (Å²) in [5, 5.41) is 0. The molecule has 2 aromatic rings. The van der Waals surface area contributed by atoms with Crippen LogP contribution in [0, 0.1) is 64.6 Å². The summed E-state index contributed by atoms with van der Waals surface area (Å²) in [6, 6.07) is 11.7. The maximum absolute atomic E-state index is 15.5. The van der Waals surface area contributed by atoms with Crippen molar-refractivity contribution in [3.8, 4) is 0 Å². The lowest BCUT2D eigenvalue weighted by molar-refractivity contribution is -0.00471. The van der Waals surface area contributed by atoms with Crippen molar-refractivity contribution >= 4 is 13.6 Å². The van der Waals surface area contributed by atoms with Gasteiger partial charge in [-0.25, -0.2) is 22.0 Å². The Morgan fingerprint density at radius 2 is 1.42 bits per heavy atom. The molecule has 2 nitrogen and oxygen atoms in total. The number of hydrogen-bond acceptors (Lipinski definition) is 2. The summed E-state index contributed by atoms with van der Waals surface area (Å²) in [5.74, 6) is -7.87. The van der Waals surface area contributed by atoms with Gasteiger partial charge in [-0.3, -0.25) is 4.90 Å². The van der Waals surface area contributed by atoms with Gasteiger partial charge in [0.25, 0.3) is 0 Å². The van der Waals surface area contributed by atoms with Crippen LogP contribution in [-0.2, 0) is 11.3 Å². The fourth-order valence-electron chi connectivity index (χ4n) is 12.5. The Morgan fingerprint density at radius 3 is 2.14 bits per heavy atom. The number of hydrogen-bond donors (Lipinski definition) is 0. The van der Waals surface area contributed by atoms with Gasteiger partial charge < -0.3 is 4.74 Å². The molecule has 57 heavy (non-hydrogen) atoms. The van der Waals surface area contributed by atoms with Crippen LogP contribution in [0.4, 0.5) is 22.0 Å². The van der Waals surface area contributed by atoms with E-state index in [-0.39, 0.29) is 47.9 Å². The smallest absolute Gasteiger partial charge is 0.200 e. The first-order valence-electron chi connectivity index (χ1n) is 21.4. The summed E-state index contributed by atoms with van der Waals surface area (Å²) >= 11 is 0. The summed E-state index contributed by atoms with van der Waals surface area (Å²) in [5.41, 5.74) is 3.93. The minimum Gasteiger partial charge on any atom is -0.376 e. The van der Waals surface area contributed by atoms with Crippen molar-refractivity contribution in [1.82, 2.24) is 4.90 Å². The summed E-state index contributed by atoms with van der Waals surface area (Å²) in [6.07, 6.45) is 29.4. The van der Waals surface area contributed by atoms with Crippen LogP contribution >= 0.6 is 0 Å². The Balaban J connectivity index is 1.18. The topological polar surface area (TPSA) is 12.5 Å². The number of unbranched alkanes of at least 4 members (excludes halogenated alkanes) is 3. The SMILES string of the molecule is CC1=CC2C3C(C4C=CC=CC4C3[Si](C)(CCCCCCOC(C)(C)C)C3CCC4C(c5ccccc5)=CC=CC43)N(Cc3c(F)c(F)c(F)c(F)c3F)C2C=C1. The number of allylic oxidation sites excluding steroid dienone is 9. The van der Waals surface area contributed by atoms with E-state index in [1.807, 2.05) is 0 Å². The predicted octanol–water partition coefficient (Wildman–Crippen LogP) is 12.9. The van der Waals surface area contributed by atoms with E-state index in [1.54, 1.807) is 0 Å². The zero-order valence-electron chi connectivity index (χ0n) is 34.0. The molecule has 0 N–H and O–H groups in total. The second-order valence-electron chi connectivity index (χ2n) is 18.9. The molecule has 8 rings (SSSR count). The zero-order chi connectivity index (χ0) is 40.2. The maximum atomic E-state index is 15.5. The fourth-order valence-corrected chi connectivity index (χ4v) is 19.2. The first kappa shape index (κ1) is 40.4. The van der Waals surface area contributed by atoms with Gasteiger partial charge >= 0.3 is 0 Å². The molecule has 2 aromatic carbocycles. The van der Waals surface area contributed by atoms with Gasteiger partial charge in [-0.2, -0.15) is 0 Å². The molecular weight excluding hydrogens is 742 g/mol. The molecule has 0 amide bonds. The molecule has 1 aliphatic heterocycles. The molecule has 8 heteroatoms. The third kappa shape index (κ3) is 7.35. The highest BCUT2D eigenvalue weighted by Crippen LogP contribution is 2.68. The van der Waals surface area contributed by atoms with Crippen LogP contribution in [0.1, 0.15) is 77.3 Å². The van der Waals surface area contributed by atoms with Crippen molar-refractivity contribution in [2.75, 3.05) is 6.61 Å². The van der Waals surface area contributed by atoms with Crippen molar-refractivity contribution in [2.24, 2.45) is 35.5 Å². The molecule has 6 aliphatic rings. The van der Waals surface area contributed by atoms with Gasteiger partial charge in [-0.1, -0.05) is 135 Å². The van der Waals surface area contributed by atoms with Crippen molar-refractivity contribution < 1.29 is 26.7 Å². The van der Waals surface area contributed by atoms with Crippen LogP contribution < -0.4 is 0 Å². The highest BCUT2D eigenvalue weighted by atomic mass is 28.3. The van der Waals surface area contributed by atoms with Crippen molar-refractivity contribution in [2.45, 2.75) is 114 Å². The Kier molecular flexibility index (Phi) is 11.4. The highest BCUT2D eigenvalue weighted by molar-refractivity contribution is 6.81. The van der Waals surface area contributed by atoms with Crippen LogP contribution in [0.5, 0.6) is 0 Å². The minimum absolute atomic E-state index is 0.0684. The molecule has 1 saturated heterocycles. The first-order valence-corrected chi connectivity index (χ1v) is 24.2. The largest absolute Gasteiger partial charge is 0.376 e. The zero-order valence-corrected chi connectivity index (χ0v) is 35.0. The van der Waals surface area contributed by atoms with E-state index < -0.39 is 42.7 Å². The molecule has 11 unspecified atom stereocenters. The van der Waals surface area contributed by atoms with Gasteiger partial charge in [0, 0.05) is 36.7 Å². The molecular formula is C49H58F5NOSi. The van der Waals surface area contributed by atoms with E-state index in [4.69, 9.17) is 4.74 Å². The normalized spacial score (nSPS) is 32.5. The van der Waals surface area contributed by atoms with Gasteiger partial charge in [0.15, 0.2) is 23.3 Å². The molecule has 304 valence electrons. The van der Waals surface area contributed by atoms with E-state index in [0.29, 0.717) is 22.9 Å². The second-order valence-corrected chi connectivity index (χ2v) is 23.9. The standard InChI is InChI=1S/C49H58F5NOSi/c1-30-22-24-39-37(28-30)41-47(55(39)29-38-42(50)44(52)46(54)45(53)43(38)51)35-18-11-12-19-36(35)48(41)57(5,27-14-7-6-13-26-56-49(2,3)4)40-25-23-33-32(20-15-21-34(33)40)31-16-9-8-10-17-31/h8-12,15-22,24,28,33-37,39-41,47-48H,6-7,13-14,23,25-27,29H2,1-5H3. The number of halogens is 5. The molecule has 0 radical (unpaired) electrons. The van der Waals surface area contributed by atoms with Crippen molar-refractivity contribution in [3.05, 3.63) is 137 Å². The number of fused-ring (bicyclic) bond motifs is 6. The monoisotopic (exact) mass is 799 g/mol. The Hall–Kier alpha value is -3.33. The van der Waals surface area contributed by atoms with E-state index >= 15 is 8.78 Å². The highest BCUT2D eigenvalue weighted by Gasteiger charge is 2.66. The van der Waals surface area contributed by atoms with Gasteiger partial charge in [0.05, 0.1) is 13.7 Å². The van der Waals surface area contributed by atoms with E-state index in [0.717, 1.165) is 44.3 Å². The van der Waals surface area contributed by atoms with Crippen LogP contribution in [-0.4, -0.2) is 37.3 Å². The van der Waals surface area contributed by atoms with E-state index in [2.05, 4.69) is 130 Å². The molecule has 3 fully saturated rings. The average molecular weight is 800 g/mol. The molecule has 0 spiro atoms. The van der Waals surface area contributed by atoms with E-state index in [1.165, 1.54) is 23.6 Å². The average Bonchev–Trinajstić information content (AvgIpc) is 3.88. The quantitative estimate of drug-likeness (QED) is 0.0697. The third-order valence-electron chi connectivity index (χ3n) is 14.7. The number of rotatable bonds is 12. The number of ether oxygens (including phenoxy) is 1. The molecule has 2 saturated carbocycles. The van der Waals surface area contributed by atoms with Crippen LogP contribution in [0.2, 0.25) is 23.7 Å². The van der Waals surface area contributed by atoms with E-state index in [9.17, 15) is 13.2 Å². The minimum atomic E-state index is -2.27. The third-order valence-corrected chi connectivity index (χ3v) is 20.8.